The topological polar surface area (TPSA) is 30.0 Å². The number of aromatic nitrogens is 1. The quantitative estimate of drug-likeness (QED) is 0.786. The van der Waals surface area contributed by atoms with Crippen LogP contribution in [0.3, 0.4) is 0 Å². The molecular weight excluding hydrogens is 206 g/mol. The molecule has 0 saturated heterocycles. The van der Waals surface area contributed by atoms with Crippen molar-refractivity contribution in [1.29, 1.82) is 0 Å². The van der Waals surface area contributed by atoms with Crippen molar-refractivity contribution in [1.82, 2.24) is 4.37 Å². The second kappa shape index (κ2) is 4.88. The summed E-state index contributed by atoms with van der Waals surface area (Å²) in [5.74, 6) is 1.49. The summed E-state index contributed by atoms with van der Waals surface area (Å²) in [6, 6.07) is 2.08. The molecule has 0 aromatic carbocycles. The Balaban J connectivity index is 2.13. The average Bonchev–Trinajstić information content (AvgIpc) is 2.74. The Bertz CT molecular complexity index is 320. The molecule has 0 amide bonds. The lowest BCUT2D eigenvalue weighted by atomic mass is 9.75. The lowest BCUT2D eigenvalue weighted by molar-refractivity contribution is -0.121. The maximum absolute atomic E-state index is 11.5. The van der Waals surface area contributed by atoms with E-state index in [-0.39, 0.29) is 0 Å². The van der Waals surface area contributed by atoms with E-state index in [1.165, 1.54) is 24.4 Å². The van der Waals surface area contributed by atoms with Crippen molar-refractivity contribution < 1.29 is 4.79 Å². The van der Waals surface area contributed by atoms with Crippen LogP contribution in [0.25, 0.3) is 0 Å². The molecular formula is C12H17NOS. The van der Waals surface area contributed by atoms with Crippen molar-refractivity contribution in [3.63, 3.8) is 0 Å². The van der Waals surface area contributed by atoms with Crippen LogP contribution in [0.2, 0.25) is 0 Å². The molecule has 1 aromatic heterocycles. The third-order valence-electron chi connectivity index (χ3n) is 3.31. The minimum absolute atomic E-state index is 0.400. The highest BCUT2D eigenvalue weighted by Gasteiger charge is 2.30. The first-order valence-electron chi connectivity index (χ1n) is 5.73. The summed E-state index contributed by atoms with van der Waals surface area (Å²) in [5, 5.41) is 2.01. The van der Waals surface area contributed by atoms with Gasteiger partial charge < -0.3 is 0 Å². The fourth-order valence-electron chi connectivity index (χ4n) is 2.54. The molecule has 1 aromatic rings. The van der Waals surface area contributed by atoms with E-state index in [0.29, 0.717) is 24.0 Å². The number of rotatable bonds is 3. The van der Waals surface area contributed by atoms with Gasteiger partial charge in [0.1, 0.15) is 5.78 Å². The monoisotopic (exact) mass is 223 g/mol. The Morgan fingerprint density at radius 1 is 1.60 bits per heavy atom. The molecule has 1 saturated carbocycles. The predicted molar refractivity (Wildman–Crippen MR) is 62.1 cm³/mol. The number of carbonyl (C=O) groups is 1. The van der Waals surface area contributed by atoms with Gasteiger partial charge in [-0.1, -0.05) is 19.8 Å². The molecule has 2 unspecified atom stereocenters. The molecule has 0 aliphatic heterocycles. The number of Topliss-reactive ketones (excluding diaryl/α,β-unsaturated/α-hetero) is 1. The largest absolute Gasteiger partial charge is 0.300 e. The number of ketones is 1. The van der Waals surface area contributed by atoms with Crippen molar-refractivity contribution in [2.24, 2.45) is 5.92 Å². The average molecular weight is 223 g/mol. The number of carbonyl (C=O) groups excluding carboxylic acids is 1. The predicted octanol–water partition coefficient (Wildman–Crippen LogP) is 3.40. The van der Waals surface area contributed by atoms with E-state index in [0.717, 1.165) is 18.5 Å². The van der Waals surface area contributed by atoms with Crippen molar-refractivity contribution >= 4 is 17.3 Å². The first-order valence-corrected chi connectivity index (χ1v) is 6.57. The van der Waals surface area contributed by atoms with Crippen LogP contribution < -0.4 is 0 Å². The highest BCUT2D eigenvalue weighted by atomic mass is 32.1. The highest BCUT2D eigenvalue weighted by Crippen LogP contribution is 2.38. The van der Waals surface area contributed by atoms with Gasteiger partial charge in [-0.3, -0.25) is 4.79 Å². The molecule has 2 atom stereocenters. The Kier molecular flexibility index (Phi) is 3.52. The lowest BCUT2D eigenvalue weighted by Gasteiger charge is -2.29. The number of hydrogen-bond donors (Lipinski definition) is 0. The highest BCUT2D eigenvalue weighted by molar-refractivity contribution is 7.03. The third kappa shape index (κ3) is 2.46. The zero-order valence-corrected chi connectivity index (χ0v) is 9.93. The summed E-state index contributed by atoms with van der Waals surface area (Å²) in [6.07, 6.45) is 5.00. The van der Waals surface area contributed by atoms with Crippen LogP contribution in [0.4, 0.5) is 0 Å². The van der Waals surface area contributed by atoms with E-state index >= 15 is 0 Å². The van der Waals surface area contributed by atoms with Crippen LogP contribution in [-0.2, 0) is 4.79 Å². The fraction of sp³-hybridized carbons (Fsp3) is 0.667. The zero-order valence-electron chi connectivity index (χ0n) is 9.11. The maximum atomic E-state index is 11.5. The maximum Gasteiger partial charge on any atom is 0.133 e. The molecule has 0 N–H and O–H groups in total. The number of hydrogen-bond acceptors (Lipinski definition) is 3. The van der Waals surface area contributed by atoms with E-state index < -0.39 is 0 Å². The molecule has 1 fully saturated rings. The van der Waals surface area contributed by atoms with Gasteiger partial charge in [-0.25, -0.2) is 0 Å². The molecule has 82 valence electrons. The Hall–Kier alpha value is -0.700. The third-order valence-corrected chi connectivity index (χ3v) is 3.88. The van der Waals surface area contributed by atoms with E-state index in [2.05, 4.69) is 17.4 Å². The Morgan fingerprint density at radius 2 is 2.47 bits per heavy atom. The standard InChI is InChI=1S/C12H17NOS/c1-2-3-9-4-5-10(14)8-11(9)12-6-7-15-13-12/h6-7,9,11H,2-5,8H2,1H3. The minimum Gasteiger partial charge on any atom is -0.300 e. The minimum atomic E-state index is 0.400. The molecule has 1 aliphatic rings. The van der Waals surface area contributed by atoms with E-state index in [4.69, 9.17) is 0 Å². The molecule has 1 heterocycles. The molecule has 3 heteroatoms. The second-order valence-electron chi connectivity index (χ2n) is 4.36. The molecule has 0 radical (unpaired) electrons. The molecule has 1 aliphatic carbocycles. The van der Waals surface area contributed by atoms with Gasteiger partial charge in [0.15, 0.2) is 0 Å². The van der Waals surface area contributed by atoms with Gasteiger partial charge in [-0.15, -0.1) is 0 Å². The summed E-state index contributed by atoms with van der Waals surface area (Å²) in [7, 11) is 0. The van der Waals surface area contributed by atoms with Gasteiger partial charge in [-0.2, -0.15) is 4.37 Å². The Morgan fingerprint density at radius 3 is 3.13 bits per heavy atom. The van der Waals surface area contributed by atoms with Gasteiger partial charge >= 0.3 is 0 Å². The van der Waals surface area contributed by atoms with Crippen LogP contribution in [-0.4, -0.2) is 10.2 Å². The molecule has 2 nitrogen and oxygen atoms in total. The Labute approximate surface area is 94.9 Å². The van der Waals surface area contributed by atoms with Gasteiger partial charge in [0.25, 0.3) is 0 Å². The summed E-state index contributed by atoms with van der Waals surface area (Å²) >= 11 is 1.49. The first kappa shape index (κ1) is 10.8. The fourth-order valence-corrected chi connectivity index (χ4v) is 3.12. The molecule has 15 heavy (non-hydrogen) atoms. The van der Waals surface area contributed by atoms with Crippen molar-refractivity contribution in [2.45, 2.75) is 44.9 Å². The van der Waals surface area contributed by atoms with Gasteiger partial charge in [0, 0.05) is 24.1 Å². The second-order valence-corrected chi connectivity index (χ2v) is 5.03. The summed E-state index contributed by atoms with van der Waals surface area (Å²) in [5.41, 5.74) is 1.14. The van der Waals surface area contributed by atoms with Crippen LogP contribution in [0.5, 0.6) is 0 Å². The van der Waals surface area contributed by atoms with Crippen molar-refractivity contribution in [2.75, 3.05) is 0 Å². The number of nitrogens with zero attached hydrogens (tertiary/aromatic N) is 1. The van der Waals surface area contributed by atoms with Crippen LogP contribution in [0, 0.1) is 5.92 Å². The molecule has 0 bridgehead atoms. The lowest BCUT2D eigenvalue weighted by Crippen LogP contribution is -2.23. The van der Waals surface area contributed by atoms with E-state index in [1.807, 2.05) is 5.38 Å². The molecule has 2 rings (SSSR count). The zero-order chi connectivity index (χ0) is 10.7. The van der Waals surface area contributed by atoms with E-state index in [9.17, 15) is 4.79 Å². The first-order chi connectivity index (χ1) is 7.31. The normalized spacial score (nSPS) is 26.9. The van der Waals surface area contributed by atoms with Crippen LogP contribution >= 0.6 is 11.5 Å². The van der Waals surface area contributed by atoms with Gasteiger partial charge in [0.05, 0.1) is 5.69 Å². The summed E-state index contributed by atoms with van der Waals surface area (Å²) < 4.78 is 4.40. The molecule has 0 spiro atoms. The van der Waals surface area contributed by atoms with Crippen LogP contribution in [0.15, 0.2) is 11.4 Å². The SMILES string of the molecule is CCCC1CCC(=O)CC1c1ccsn1. The van der Waals surface area contributed by atoms with Gasteiger partial charge in [-0.05, 0) is 29.9 Å². The van der Waals surface area contributed by atoms with Crippen LogP contribution in [0.1, 0.15) is 50.6 Å². The smallest absolute Gasteiger partial charge is 0.133 e. The van der Waals surface area contributed by atoms with Crippen molar-refractivity contribution in [3.05, 3.63) is 17.1 Å². The summed E-state index contributed by atoms with van der Waals surface area (Å²) in [4.78, 5) is 11.5. The van der Waals surface area contributed by atoms with E-state index in [1.54, 1.807) is 0 Å². The van der Waals surface area contributed by atoms with Crippen molar-refractivity contribution in [3.8, 4) is 0 Å². The van der Waals surface area contributed by atoms with Gasteiger partial charge in [0.2, 0.25) is 0 Å². The summed E-state index contributed by atoms with van der Waals surface area (Å²) in [6.45, 7) is 2.22.